The van der Waals surface area contributed by atoms with Crippen molar-refractivity contribution in [2.45, 2.75) is 39.5 Å². The van der Waals surface area contributed by atoms with Crippen molar-refractivity contribution in [3.8, 4) is 0 Å². The molecular formula is C14H23NS. The van der Waals surface area contributed by atoms with E-state index in [0.29, 0.717) is 5.41 Å². The predicted molar refractivity (Wildman–Crippen MR) is 71.7 cm³/mol. The summed E-state index contributed by atoms with van der Waals surface area (Å²) >= 11 is 1.89. The molecule has 0 radical (unpaired) electrons. The van der Waals surface area contributed by atoms with Gasteiger partial charge in [-0.15, -0.1) is 11.3 Å². The lowest BCUT2D eigenvalue weighted by molar-refractivity contribution is 0.122. The summed E-state index contributed by atoms with van der Waals surface area (Å²) in [4.78, 5) is 1.53. The van der Waals surface area contributed by atoms with Crippen LogP contribution in [0.1, 0.15) is 38.0 Å². The van der Waals surface area contributed by atoms with Crippen LogP contribution < -0.4 is 5.73 Å². The molecule has 1 saturated carbocycles. The molecular weight excluding hydrogens is 214 g/mol. The first-order chi connectivity index (χ1) is 7.61. The van der Waals surface area contributed by atoms with Crippen LogP contribution in [0.15, 0.2) is 17.5 Å². The van der Waals surface area contributed by atoms with E-state index in [1.165, 1.54) is 30.6 Å². The van der Waals surface area contributed by atoms with Gasteiger partial charge < -0.3 is 5.73 Å². The van der Waals surface area contributed by atoms with Gasteiger partial charge in [-0.25, -0.2) is 0 Å². The molecule has 1 aromatic heterocycles. The Morgan fingerprint density at radius 2 is 2.25 bits per heavy atom. The van der Waals surface area contributed by atoms with Gasteiger partial charge in [0.2, 0.25) is 0 Å². The Morgan fingerprint density at radius 1 is 1.44 bits per heavy atom. The number of rotatable bonds is 3. The van der Waals surface area contributed by atoms with Gasteiger partial charge in [-0.3, -0.25) is 0 Å². The summed E-state index contributed by atoms with van der Waals surface area (Å²) < 4.78 is 0. The summed E-state index contributed by atoms with van der Waals surface area (Å²) in [7, 11) is 0. The topological polar surface area (TPSA) is 26.0 Å². The molecule has 0 spiro atoms. The van der Waals surface area contributed by atoms with Crippen molar-refractivity contribution in [2.24, 2.45) is 23.0 Å². The predicted octanol–water partition coefficient (Wildman–Crippen LogP) is 3.69. The Hall–Kier alpha value is -0.340. The maximum absolute atomic E-state index is 5.91. The van der Waals surface area contributed by atoms with Crippen molar-refractivity contribution in [3.05, 3.63) is 22.4 Å². The van der Waals surface area contributed by atoms with Gasteiger partial charge in [-0.2, -0.15) is 0 Å². The highest BCUT2D eigenvalue weighted by Crippen LogP contribution is 2.43. The van der Waals surface area contributed by atoms with Gasteiger partial charge in [0.15, 0.2) is 0 Å². The van der Waals surface area contributed by atoms with E-state index in [-0.39, 0.29) is 0 Å². The molecule has 2 atom stereocenters. The average Bonchev–Trinajstić information content (AvgIpc) is 2.70. The smallest absolute Gasteiger partial charge is 0.00480 e. The molecule has 2 heteroatoms. The zero-order valence-corrected chi connectivity index (χ0v) is 11.2. The van der Waals surface area contributed by atoms with E-state index in [4.69, 9.17) is 5.73 Å². The quantitative estimate of drug-likeness (QED) is 0.852. The van der Waals surface area contributed by atoms with Crippen molar-refractivity contribution in [1.29, 1.82) is 0 Å². The molecule has 2 unspecified atom stereocenters. The number of thiophene rings is 1. The third-order valence-electron chi connectivity index (χ3n) is 4.02. The molecule has 0 aliphatic heterocycles. The van der Waals surface area contributed by atoms with Gasteiger partial charge >= 0.3 is 0 Å². The van der Waals surface area contributed by atoms with Gasteiger partial charge in [-0.05, 0) is 60.9 Å². The van der Waals surface area contributed by atoms with E-state index in [0.717, 1.165) is 18.4 Å². The zero-order chi connectivity index (χ0) is 11.6. The highest BCUT2D eigenvalue weighted by Gasteiger charge is 2.34. The SMILES string of the molecule is CC1(C)CCC(CN)C(Cc2cccs2)C1. The zero-order valence-electron chi connectivity index (χ0n) is 10.4. The summed E-state index contributed by atoms with van der Waals surface area (Å²) in [6.45, 7) is 5.68. The van der Waals surface area contributed by atoms with Crippen LogP contribution >= 0.6 is 11.3 Å². The maximum atomic E-state index is 5.91. The van der Waals surface area contributed by atoms with E-state index in [2.05, 4.69) is 31.4 Å². The van der Waals surface area contributed by atoms with Crippen LogP contribution in [0.2, 0.25) is 0 Å². The molecule has 1 fully saturated rings. The van der Waals surface area contributed by atoms with Gasteiger partial charge in [0.05, 0.1) is 0 Å². The Kier molecular flexibility index (Phi) is 3.70. The highest BCUT2D eigenvalue weighted by atomic mass is 32.1. The molecule has 0 amide bonds. The van der Waals surface area contributed by atoms with E-state index < -0.39 is 0 Å². The van der Waals surface area contributed by atoms with Gasteiger partial charge in [0, 0.05) is 4.88 Å². The average molecular weight is 237 g/mol. The first kappa shape index (κ1) is 12.1. The molecule has 1 nitrogen and oxygen atoms in total. The third-order valence-corrected chi connectivity index (χ3v) is 4.92. The van der Waals surface area contributed by atoms with Crippen molar-refractivity contribution in [1.82, 2.24) is 0 Å². The van der Waals surface area contributed by atoms with Crippen molar-refractivity contribution in [2.75, 3.05) is 6.54 Å². The molecule has 0 saturated heterocycles. The maximum Gasteiger partial charge on any atom is 0.00480 e. The minimum Gasteiger partial charge on any atom is -0.330 e. The van der Waals surface area contributed by atoms with Crippen LogP contribution in [-0.2, 0) is 6.42 Å². The van der Waals surface area contributed by atoms with Gasteiger partial charge in [-0.1, -0.05) is 19.9 Å². The standard InChI is InChI=1S/C14H23NS/c1-14(2)6-5-11(10-15)12(9-14)8-13-4-3-7-16-13/h3-4,7,11-12H,5-6,8-10,15H2,1-2H3. The molecule has 1 heterocycles. The summed E-state index contributed by atoms with van der Waals surface area (Å²) in [5.74, 6) is 1.54. The van der Waals surface area contributed by atoms with E-state index in [1.54, 1.807) is 0 Å². The lowest BCUT2D eigenvalue weighted by Gasteiger charge is -2.40. The monoisotopic (exact) mass is 237 g/mol. The largest absolute Gasteiger partial charge is 0.330 e. The normalized spacial score (nSPS) is 29.2. The fraction of sp³-hybridized carbons (Fsp3) is 0.714. The summed E-state index contributed by atoms with van der Waals surface area (Å²) in [6.07, 6.45) is 5.24. The number of hydrogen-bond acceptors (Lipinski definition) is 2. The summed E-state index contributed by atoms with van der Waals surface area (Å²) in [5, 5.41) is 2.18. The van der Waals surface area contributed by atoms with Crippen LogP contribution in [0, 0.1) is 17.3 Å². The molecule has 0 bridgehead atoms. The Labute approximate surface area is 103 Å². The van der Waals surface area contributed by atoms with Crippen molar-refractivity contribution < 1.29 is 0 Å². The van der Waals surface area contributed by atoms with E-state index in [9.17, 15) is 0 Å². The first-order valence-corrected chi connectivity index (χ1v) is 7.21. The molecule has 90 valence electrons. The Bertz CT molecular complexity index is 315. The molecule has 16 heavy (non-hydrogen) atoms. The van der Waals surface area contributed by atoms with Crippen LogP contribution in [0.25, 0.3) is 0 Å². The second-order valence-electron chi connectivity index (χ2n) is 5.95. The first-order valence-electron chi connectivity index (χ1n) is 6.33. The Morgan fingerprint density at radius 3 is 2.88 bits per heavy atom. The minimum absolute atomic E-state index is 0.521. The second kappa shape index (κ2) is 4.89. The van der Waals surface area contributed by atoms with Crippen LogP contribution in [0.5, 0.6) is 0 Å². The van der Waals surface area contributed by atoms with E-state index in [1.807, 2.05) is 11.3 Å². The van der Waals surface area contributed by atoms with Crippen LogP contribution in [0.4, 0.5) is 0 Å². The third kappa shape index (κ3) is 2.86. The molecule has 2 N–H and O–H groups in total. The van der Waals surface area contributed by atoms with Crippen LogP contribution in [0.3, 0.4) is 0 Å². The van der Waals surface area contributed by atoms with Gasteiger partial charge in [0.25, 0.3) is 0 Å². The molecule has 0 aromatic carbocycles. The van der Waals surface area contributed by atoms with Crippen LogP contribution in [-0.4, -0.2) is 6.54 Å². The molecule has 1 aromatic rings. The van der Waals surface area contributed by atoms with Crippen molar-refractivity contribution >= 4 is 11.3 Å². The number of hydrogen-bond donors (Lipinski definition) is 1. The lowest BCUT2D eigenvalue weighted by atomic mass is 9.66. The highest BCUT2D eigenvalue weighted by molar-refractivity contribution is 7.09. The van der Waals surface area contributed by atoms with Gasteiger partial charge in [0.1, 0.15) is 0 Å². The lowest BCUT2D eigenvalue weighted by Crippen LogP contribution is -2.35. The number of nitrogens with two attached hydrogens (primary N) is 1. The molecule has 1 aliphatic rings. The van der Waals surface area contributed by atoms with E-state index >= 15 is 0 Å². The summed E-state index contributed by atoms with van der Waals surface area (Å²) in [6, 6.07) is 4.42. The minimum atomic E-state index is 0.521. The fourth-order valence-electron chi connectivity index (χ4n) is 3.03. The fourth-order valence-corrected chi connectivity index (χ4v) is 3.83. The Balaban J connectivity index is 2.03. The molecule has 2 rings (SSSR count). The summed E-state index contributed by atoms with van der Waals surface area (Å²) in [5.41, 5.74) is 6.44. The second-order valence-corrected chi connectivity index (χ2v) is 6.98. The molecule has 1 aliphatic carbocycles. The van der Waals surface area contributed by atoms with Crippen molar-refractivity contribution in [3.63, 3.8) is 0 Å².